The number of nitro benzene ring substituents is 1. The Morgan fingerprint density at radius 2 is 1.63 bits per heavy atom. The zero-order valence-electron chi connectivity index (χ0n) is 20.1. The molecule has 0 heterocycles. The van der Waals surface area contributed by atoms with Crippen LogP contribution in [0.15, 0.2) is 71.6 Å². The van der Waals surface area contributed by atoms with Gasteiger partial charge in [-0.05, 0) is 61.9 Å². The molecule has 184 valence electrons. The van der Waals surface area contributed by atoms with Gasteiger partial charge in [0, 0.05) is 55.8 Å². The monoisotopic (exact) mass is 496 g/mol. The van der Waals surface area contributed by atoms with Crippen molar-refractivity contribution in [2.75, 3.05) is 30.3 Å². The second kappa shape index (κ2) is 10.6. The van der Waals surface area contributed by atoms with Crippen LogP contribution in [-0.4, -0.2) is 44.8 Å². The minimum absolute atomic E-state index is 0.173. The molecule has 0 aliphatic heterocycles. The highest BCUT2D eigenvalue weighted by molar-refractivity contribution is 7.92. The number of nitro groups is 1. The summed E-state index contributed by atoms with van der Waals surface area (Å²) >= 11 is 0. The summed E-state index contributed by atoms with van der Waals surface area (Å²) in [6.45, 7) is 4.39. The predicted octanol–water partition coefficient (Wildman–Crippen LogP) is 4.43. The Balaban J connectivity index is 1.73. The summed E-state index contributed by atoms with van der Waals surface area (Å²) in [6, 6.07) is 17.8. The maximum atomic E-state index is 13.0. The van der Waals surface area contributed by atoms with E-state index < -0.39 is 14.9 Å². The molecule has 0 spiro atoms. The Morgan fingerprint density at radius 1 is 1.00 bits per heavy atom. The lowest BCUT2D eigenvalue weighted by atomic mass is 10.1. The van der Waals surface area contributed by atoms with Crippen LogP contribution in [0.5, 0.6) is 0 Å². The van der Waals surface area contributed by atoms with Crippen LogP contribution in [0.3, 0.4) is 0 Å². The first-order chi connectivity index (χ1) is 16.5. The lowest BCUT2D eigenvalue weighted by Crippen LogP contribution is -2.30. The second-order valence-corrected chi connectivity index (χ2v) is 9.95. The molecule has 0 aliphatic rings. The van der Waals surface area contributed by atoms with Crippen molar-refractivity contribution in [3.63, 3.8) is 0 Å². The van der Waals surface area contributed by atoms with Gasteiger partial charge in [-0.1, -0.05) is 18.2 Å². The van der Waals surface area contributed by atoms with E-state index in [1.165, 1.54) is 31.2 Å². The topological polar surface area (TPSA) is 113 Å². The highest BCUT2D eigenvalue weighted by Gasteiger charge is 2.20. The van der Waals surface area contributed by atoms with Crippen molar-refractivity contribution >= 4 is 33.0 Å². The van der Waals surface area contributed by atoms with Crippen molar-refractivity contribution in [2.24, 2.45) is 0 Å². The Hall–Kier alpha value is -3.92. The first kappa shape index (κ1) is 25.7. The van der Waals surface area contributed by atoms with E-state index in [0.29, 0.717) is 24.2 Å². The third kappa shape index (κ3) is 6.15. The van der Waals surface area contributed by atoms with Gasteiger partial charge < -0.3 is 9.80 Å². The molecule has 3 aromatic carbocycles. The number of rotatable bonds is 9. The number of anilines is 2. The molecule has 0 radical (unpaired) electrons. The highest BCUT2D eigenvalue weighted by atomic mass is 32.2. The number of nitrogens with zero attached hydrogens (tertiary/aromatic N) is 3. The maximum absolute atomic E-state index is 13.0. The number of nitrogens with one attached hydrogen (secondary N) is 1. The number of carbonyl (C=O) groups excluding carboxylic acids is 1. The highest BCUT2D eigenvalue weighted by Crippen LogP contribution is 2.24. The van der Waals surface area contributed by atoms with E-state index in [1.807, 2.05) is 50.2 Å². The van der Waals surface area contributed by atoms with Gasteiger partial charge in [-0.2, -0.15) is 0 Å². The van der Waals surface area contributed by atoms with Gasteiger partial charge in [0.25, 0.3) is 21.6 Å². The third-order valence-electron chi connectivity index (χ3n) is 5.57. The first-order valence-corrected chi connectivity index (χ1v) is 12.4. The van der Waals surface area contributed by atoms with Gasteiger partial charge in [0.2, 0.25) is 0 Å². The minimum atomic E-state index is -4.04. The van der Waals surface area contributed by atoms with E-state index in [4.69, 9.17) is 0 Å². The zero-order chi connectivity index (χ0) is 25.8. The molecule has 0 bridgehead atoms. The Morgan fingerprint density at radius 3 is 2.17 bits per heavy atom. The van der Waals surface area contributed by atoms with Crippen molar-refractivity contribution in [1.82, 2.24) is 4.90 Å². The van der Waals surface area contributed by atoms with Crippen molar-refractivity contribution in [3.05, 3.63) is 93.5 Å². The summed E-state index contributed by atoms with van der Waals surface area (Å²) in [6.07, 6.45) is 0. The Labute approximate surface area is 205 Å². The first-order valence-electron chi connectivity index (χ1n) is 10.9. The van der Waals surface area contributed by atoms with Gasteiger partial charge in [-0.25, -0.2) is 8.42 Å². The zero-order valence-corrected chi connectivity index (χ0v) is 20.9. The average molecular weight is 497 g/mol. The van der Waals surface area contributed by atoms with Crippen LogP contribution in [-0.2, 0) is 16.6 Å². The molecule has 3 aromatic rings. The fraction of sp³-hybridized carbons (Fsp3) is 0.240. The van der Waals surface area contributed by atoms with Gasteiger partial charge in [-0.3, -0.25) is 19.6 Å². The summed E-state index contributed by atoms with van der Waals surface area (Å²) < 4.78 is 27.8. The molecule has 0 unspecified atom stereocenters. The molecule has 35 heavy (non-hydrogen) atoms. The fourth-order valence-electron chi connectivity index (χ4n) is 3.48. The van der Waals surface area contributed by atoms with Crippen molar-refractivity contribution in [2.45, 2.75) is 25.3 Å². The standard InChI is InChI=1S/C25H28N4O5S/c1-5-28(17-19-7-13-22(14-8-19)27(3)4)25(30)20-9-11-21(12-10-20)26-35(33,34)23-15-6-18(2)24(16-23)29(31)32/h6-16,26H,5,17H2,1-4H3. The largest absolute Gasteiger partial charge is 0.378 e. The quantitative estimate of drug-likeness (QED) is 0.346. The molecule has 0 saturated carbocycles. The van der Waals surface area contributed by atoms with Gasteiger partial charge in [0.05, 0.1) is 9.82 Å². The molecule has 1 amide bonds. The van der Waals surface area contributed by atoms with Crippen molar-refractivity contribution < 1.29 is 18.1 Å². The molecule has 1 N–H and O–H groups in total. The summed E-state index contributed by atoms with van der Waals surface area (Å²) in [7, 11) is -0.117. The smallest absolute Gasteiger partial charge is 0.273 e. The molecule has 9 nitrogen and oxygen atoms in total. The van der Waals surface area contributed by atoms with Crippen LogP contribution in [0.1, 0.15) is 28.4 Å². The van der Waals surface area contributed by atoms with E-state index in [0.717, 1.165) is 17.3 Å². The van der Waals surface area contributed by atoms with Gasteiger partial charge >= 0.3 is 0 Å². The van der Waals surface area contributed by atoms with Crippen LogP contribution in [0.25, 0.3) is 0 Å². The van der Waals surface area contributed by atoms with E-state index >= 15 is 0 Å². The molecule has 0 saturated heterocycles. The lowest BCUT2D eigenvalue weighted by molar-refractivity contribution is -0.385. The molecular formula is C25H28N4O5S. The number of hydrogen-bond acceptors (Lipinski definition) is 6. The predicted molar refractivity (Wildman–Crippen MR) is 136 cm³/mol. The van der Waals surface area contributed by atoms with Crippen LogP contribution in [0, 0.1) is 17.0 Å². The molecule has 10 heteroatoms. The minimum Gasteiger partial charge on any atom is -0.378 e. The second-order valence-electron chi connectivity index (χ2n) is 8.27. The van der Waals surface area contributed by atoms with Gasteiger partial charge in [0.15, 0.2) is 0 Å². The molecule has 0 fully saturated rings. The van der Waals surface area contributed by atoms with Gasteiger partial charge in [0.1, 0.15) is 0 Å². The number of hydrogen-bond donors (Lipinski definition) is 1. The van der Waals surface area contributed by atoms with E-state index in [-0.39, 0.29) is 22.2 Å². The molecule has 0 aliphatic carbocycles. The molecule has 3 rings (SSSR count). The van der Waals surface area contributed by atoms with Crippen LogP contribution in [0.2, 0.25) is 0 Å². The maximum Gasteiger partial charge on any atom is 0.273 e. The number of amides is 1. The Bertz CT molecular complexity index is 1320. The Kier molecular flexibility index (Phi) is 7.75. The lowest BCUT2D eigenvalue weighted by Gasteiger charge is -2.22. The van der Waals surface area contributed by atoms with Crippen LogP contribution >= 0.6 is 0 Å². The number of sulfonamides is 1. The van der Waals surface area contributed by atoms with Crippen LogP contribution < -0.4 is 9.62 Å². The number of aryl methyl sites for hydroxylation is 1. The van der Waals surface area contributed by atoms with Gasteiger partial charge in [-0.15, -0.1) is 0 Å². The van der Waals surface area contributed by atoms with E-state index in [2.05, 4.69) is 4.72 Å². The summed E-state index contributed by atoms with van der Waals surface area (Å²) in [5.41, 5.74) is 2.83. The average Bonchev–Trinajstić information content (AvgIpc) is 2.82. The SMILES string of the molecule is CCN(Cc1ccc(N(C)C)cc1)C(=O)c1ccc(NS(=O)(=O)c2ccc(C)c([N+](=O)[O-])c2)cc1. The number of benzene rings is 3. The number of carbonyl (C=O) groups is 1. The normalized spacial score (nSPS) is 11.1. The summed E-state index contributed by atoms with van der Waals surface area (Å²) in [4.78, 5) is 27.0. The van der Waals surface area contributed by atoms with E-state index in [1.54, 1.807) is 17.0 Å². The molecular weight excluding hydrogens is 468 g/mol. The fourth-order valence-corrected chi connectivity index (χ4v) is 4.56. The van der Waals surface area contributed by atoms with Crippen molar-refractivity contribution in [3.8, 4) is 0 Å². The third-order valence-corrected chi connectivity index (χ3v) is 6.95. The van der Waals surface area contributed by atoms with Crippen molar-refractivity contribution in [1.29, 1.82) is 0 Å². The summed E-state index contributed by atoms with van der Waals surface area (Å²) in [5.74, 6) is -0.173. The van der Waals surface area contributed by atoms with E-state index in [9.17, 15) is 23.3 Å². The van der Waals surface area contributed by atoms with Crippen LogP contribution in [0.4, 0.5) is 17.1 Å². The summed E-state index contributed by atoms with van der Waals surface area (Å²) in [5, 5.41) is 11.1. The molecule has 0 aromatic heterocycles. The molecule has 0 atom stereocenters.